The van der Waals surface area contributed by atoms with Crippen molar-refractivity contribution in [1.82, 2.24) is 20.3 Å². The van der Waals surface area contributed by atoms with E-state index in [2.05, 4.69) is 15.0 Å². The van der Waals surface area contributed by atoms with E-state index in [0.29, 0.717) is 10.7 Å². The summed E-state index contributed by atoms with van der Waals surface area (Å²) in [5, 5.41) is 5.48. The molecular formula is C25H21F3N4O2S2. The van der Waals surface area contributed by atoms with Crippen LogP contribution < -0.4 is 5.32 Å². The molecule has 0 fully saturated rings. The molecule has 0 spiro atoms. The second kappa shape index (κ2) is 10.7. The Balaban J connectivity index is 1.42. The molecule has 4 aromatic rings. The molecule has 4 rings (SSSR count). The van der Waals surface area contributed by atoms with Crippen molar-refractivity contribution in [2.45, 2.75) is 38.9 Å². The number of aromatic nitrogens is 3. The van der Waals surface area contributed by atoms with Gasteiger partial charge in [-0.3, -0.25) is 9.59 Å². The van der Waals surface area contributed by atoms with Gasteiger partial charge in [0.15, 0.2) is 6.04 Å². The summed E-state index contributed by atoms with van der Waals surface area (Å²) in [6.07, 6.45) is -4.67. The quantitative estimate of drug-likeness (QED) is 0.318. The van der Waals surface area contributed by atoms with Crippen molar-refractivity contribution in [2.24, 2.45) is 0 Å². The fourth-order valence-electron chi connectivity index (χ4n) is 3.61. The van der Waals surface area contributed by atoms with Crippen LogP contribution in [0.4, 0.5) is 13.2 Å². The second-order valence-corrected chi connectivity index (χ2v) is 10.2. The molecule has 36 heavy (non-hydrogen) atoms. The first-order valence-corrected chi connectivity index (χ1v) is 12.6. The molecule has 1 amide bonds. The van der Waals surface area contributed by atoms with Gasteiger partial charge in [0.2, 0.25) is 0 Å². The average Bonchev–Trinajstić information content (AvgIpc) is 3.42. The van der Waals surface area contributed by atoms with Gasteiger partial charge in [-0.2, -0.15) is 13.2 Å². The molecule has 0 saturated heterocycles. The molecule has 1 unspecified atom stereocenters. The number of amides is 1. The third kappa shape index (κ3) is 6.21. The molecule has 0 radical (unpaired) electrons. The minimum atomic E-state index is -4.69. The molecule has 6 nitrogen and oxygen atoms in total. The summed E-state index contributed by atoms with van der Waals surface area (Å²) < 4.78 is 40.8. The molecule has 0 saturated carbocycles. The predicted molar refractivity (Wildman–Crippen MR) is 132 cm³/mol. The lowest BCUT2D eigenvalue weighted by molar-refractivity contribution is -0.155. The van der Waals surface area contributed by atoms with Crippen LogP contribution in [-0.4, -0.2) is 32.8 Å². The van der Waals surface area contributed by atoms with Gasteiger partial charge in [-0.15, -0.1) is 22.7 Å². The van der Waals surface area contributed by atoms with Crippen LogP contribution in [0, 0.1) is 13.8 Å². The Morgan fingerprint density at radius 2 is 1.72 bits per heavy atom. The van der Waals surface area contributed by atoms with Crippen molar-refractivity contribution in [3.63, 3.8) is 0 Å². The summed E-state index contributed by atoms with van der Waals surface area (Å²) >= 11 is 2.91. The van der Waals surface area contributed by atoms with E-state index < -0.39 is 18.1 Å². The number of hydrogen-bond donors (Lipinski definition) is 1. The van der Waals surface area contributed by atoms with Gasteiger partial charge in [0, 0.05) is 17.5 Å². The summed E-state index contributed by atoms with van der Waals surface area (Å²) in [4.78, 5) is 39.3. The number of Topliss-reactive ketones (excluding diaryl/α,β-unsaturated/α-hetero) is 1. The van der Waals surface area contributed by atoms with Crippen molar-refractivity contribution in [3.8, 4) is 10.6 Å². The largest absolute Gasteiger partial charge is 0.412 e. The highest BCUT2D eigenvalue weighted by Crippen LogP contribution is 2.33. The number of rotatable bonds is 8. The topological polar surface area (TPSA) is 84.8 Å². The number of benzene rings is 1. The maximum absolute atomic E-state index is 13.6. The lowest BCUT2D eigenvalue weighted by Crippen LogP contribution is -2.38. The first kappa shape index (κ1) is 25.6. The van der Waals surface area contributed by atoms with Crippen molar-refractivity contribution < 1.29 is 22.8 Å². The number of nitrogens with one attached hydrogen (secondary N) is 1. The number of ketones is 1. The summed E-state index contributed by atoms with van der Waals surface area (Å²) in [5.74, 6) is -1.15. The number of thiazole rings is 2. The fourth-order valence-corrected chi connectivity index (χ4v) is 5.38. The molecule has 0 bridgehead atoms. The zero-order valence-corrected chi connectivity index (χ0v) is 20.9. The minimum absolute atomic E-state index is 0.0733. The normalized spacial score (nSPS) is 12.4. The molecule has 0 aliphatic heterocycles. The number of halogens is 3. The minimum Gasteiger partial charge on any atom is -0.335 e. The van der Waals surface area contributed by atoms with Crippen LogP contribution in [0.1, 0.15) is 43.5 Å². The fraction of sp³-hybridized carbons (Fsp3) is 0.240. The molecule has 3 aromatic heterocycles. The number of nitrogens with zero attached hydrogens (tertiary/aromatic N) is 3. The monoisotopic (exact) mass is 530 g/mol. The molecule has 1 aromatic carbocycles. The second-order valence-electron chi connectivity index (χ2n) is 8.04. The van der Waals surface area contributed by atoms with Crippen LogP contribution in [0.25, 0.3) is 10.6 Å². The molecule has 11 heteroatoms. The summed E-state index contributed by atoms with van der Waals surface area (Å²) in [7, 11) is 0. The summed E-state index contributed by atoms with van der Waals surface area (Å²) in [6, 6.07) is 9.30. The molecule has 0 aliphatic carbocycles. The predicted octanol–water partition coefficient (Wildman–Crippen LogP) is 5.67. The SMILES string of the molecule is Cc1nc(C)c(-c2csc(CC(=O)Cc3cccc(C(=O)NC(c4ccccc4)C(F)(F)F)n3)n2)s1. The van der Waals surface area contributed by atoms with Crippen molar-refractivity contribution >= 4 is 34.4 Å². The molecular weight excluding hydrogens is 509 g/mol. The number of alkyl halides is 3. The molecule has 1 atom stereocenters. The van der Waals surface area contributed by atoms with Crippen molar-refractivity contribution in [1.29, 1.82) is 0 Å². The number of carbonyl (C=O) groups is 2. The van der Waals surface area contributed by atoms with Gasteiger partial charge in [-0.05, 0) is 31.5 Å². The van der Waals surface area contributed by atoms with Crippen LogP contribution in [-0.2, 0) is 17.6 Å². The number of aryl methyl sites for hydroxylation is 2. The molecule has 1 N–H and O–H groups in total. The lowest BCUT2D eigenvalue weighted by atomic mass is 10.1. The Labute approximate surface area is 213 Å². The van der Waals surface area contributed by atoms with Gasteiger partial charge in [-0.25, -0.2) is 15.0 Å². The third-order valence-electron chi connectivity index (χ3n) is 5.19. The van der Waals surface area contributed by atoms with Crippen molar-refractivity contribution in [2.75, 3.05) is 0 Å². The van der Waals surface area contributed by atoms with E-state index in [1.807, 2.05) is 24.5 Å². The molecule has 186 valence electrons. The van der Waals surface area contributed by atoms with Gasteiger partial charge in [-0.1, -0.05) is 36.4 Å². The van der Waals surface area contributed by atoms with E-state index in [9.17, 15) is 22.8 Å². The Morgan fingerprint density at radius 3 is 2.39 bits per heavy atom. The Hall–Kier alpha value is -3.44. The highest BCUT2D eigenvalue weighted by atomic mass is 32.1. The maximum atomic E-state index is 13.6. The van der Waals surface area contributed by atoms with E-state index in [0.717, 1.165) is 21.3 Å². The van der Waals surface area contributed by atoms with Crippen LogP contribution >= 0.6 is 22.7 Å². The van der Waals surface area contributed by atoms with E-state index in [4.69, 9.17) is 0 Å². The number of carbonyl (C=O) groups excluding carboxylic acids is 2. The van der Waals surface area contributed by atoms with Gasteiger partial charge < -0.3 is 5.32 Å². The van der Waals surface area contributed by atoms with Gasteiger partial charge in [0.05, 0.1) is 27.7 Å². The highest BCUT2D eigenvalue weighted by Gasteiger charge is 2.42. The van der Waals surface area contributed by atoms with Crippen LogP contribution in [0.3, 0.4) is 0 Å². The average molecular weight is 531 g/mol. The summed E-state index contributed by atoms with van der Waals surface area (Å²) in [6.45, 7) is 3.83. The van der Waals surface area contributed by atoms with E-state index >= 15 is 0 Å². The van der Waals surface area contributed by atoms with Crippen LogP contribution in [0.5, 0.6) is 0 Å². The molecule has 0 aliphatic rings. The first-order chi connectivity index (χ1) is 17.1. The standard InChI is InChI=1S/C25H21F3N4O2S2/c1-14-22(36-15(2)29-14)20-13-35-21(31-20)12-18(33)11-17-9-6-10-19(30-17)24(34)32-23(25(26,27)28)16-7-4-3-5-8-16/h3-10,13,23H,11-12H2,1-2H3,(H,32,34). The number of hydrogen-bond acceptors (Lipinski definition) is 7. The molecule has 3 heterocycles. The van der Waals surface area contributed by atoms with Crippen LogP contribution in [0.15, 0.2) is 53.9 Å². The lowest BCUT2D eigenvalue weighted by Gasteiger charge is -2.22. The summed E-state index contributed by atoms with van der Waals surface area (Å²) in [5.41, 5.74) is 1.68. The Morgan fingerprint density at radius 1 is 0.972 bits per heavy atom. The van der Waals surface area contributed by atoms with E-state index in [-0.39, 0.29) is 29.9 Å². The smallest absolute Gasteiger partial charge is 0.335 e. The zero-order chi connectivity index (χ0) is 25.9. The Kier molecular flexibility index (Phi) is 7.60. The zero-order valence-electron chi connectivity index (χ0n) is 19.3. The first-order valence-electron chi connectivity index (χ1n) is 10.9. The van der Waals surface area contributed by atoms with Gasteiger partial charge in [0.1, 0.15) is 16.5 Å². The maximum Gasteiger partial charge on any atom is 0.412 e. The third-order valence-corrected chi connectivity index (χ3v) is 7.13. The van der Waals surface area contributed by atoms with Gasteiger partial charge in [0.25, 0.3) is 5.91 Å². The van der Waals surface area contributed by atoms with Gasteiger partial charge >= 0.3 is 6.18 Å². The number of pyridine rings is 1. The van der Waals surface area contributed by atoms with E-state index in [1.165, 1.54) is 47.7 Å². The highest BCUT2D eigenvalue weighted by molar-refractivity contribution is 7.16. The van der Waals surface area contributed by atoms with Crippen LogP contribution in [0.2, 0.25) is 0 Å². The Bertz CT molecular complexity index is 1380. The van der Waals surface area contributed by atoms with E-state index in [1.54, 1.807) is 23.5 Å². The van der Waals surface area contributed by atoms with Crippen molar-refractivity contribution in [3.05, 3.63) is 86.6 Å².